The standard InChI is InChI=1S/C17H24N2O2S/c1-20-16-7-3-2-5-13(16)11-19(12-15-6-4-10-21-15)17(22)18-14-8-9-14/h2-3,5,7,14-15H,4,6,8-12H2,1H3,(H,18,22). The highest BCUT2D eigenvalue weighted by Gasteiger charge is 2.26. The molecular weight excluding hydrogens is 296 g/mol. The number of rotatable bonds is 6. The van der Waals surface area contributed by atoms with Crippen molar-refractivity contribution >= 4 is 17.3 Å². The van der Waals surface area contributed by atoms with Gasteiger partial charge in [0.05, 0.1) is 13.2 Å². The van der Waals surface area contributed by atoms with Crippen LogP contribution < -0.4 is 10.1 Å². The van der Waals surface area contributed by atoms with Crippen LogP contribution in [0.2, 0.25) is 0 Å². The van der Waals surface area contributed by atoms with Crippen LogP contribution in [0.25, 0.3) is 0 Å². The second-order valence-electron chi connectivity index (χ2n) is 6.05. The topological polar surface area (TPSA) is 33.7 Å². The summed E-state index contributed by atoms with van der Waals surface area (Å²) in [6.45, 7) is 2.47. The van der Waals surface area contributed by atoms with Gasteiger partial charge in [-0.25, -0.2) is 0 Å². The van der Waals surface area contributed by atoms with Gasteiger partial charge in [-0.15, -0.1) is 0 Å². The molecule has 0 radical (unpaired) electrons. The molecule has 0 bridgehead atoms. The van der Waals surface area contributed by atoms with Gasteiger partial charge in [-0.05, 0) is 44.0 Å². The van der Waals surface area contributed by atoms with E-state index in [4.69, 9.17) is 21.7 Å². The Kier molecular flexibility index (Phi) is 5.16. The number of ether oxygens (including phenoxy) is 2. The molecule has 0 amide bonds. The normalized spacial score (nSPS) is 20.7. The van der Waals surface area contributed by atoms with Gasteiger partial charge in [0.25, 0.3) is 0 Å². The summed E-state index contributed by atoms with van der Waals surface area (Å²) >= 11 is 5.62. The fourth-order valence-electron chi connectivity index (χ4n) is 2.79. The van der Waals surface area contributed by atoms with Crippen molar-refractivity contribution in [1.82, 2.24) is 10.2 Å². The summed E-state index contributed by atoms with van der Waals surface area (Å²) in [4.78, 5) is 2.22. The van der Waals surface area contributed by atoms with Crippen LogP contribution in [-0.4, -0.2) is 42.4 Å². The van der Waals surface area contributed by atoms with Crippen LogP contribution in [0.3, 0.4) is 0 Å². The zero-order valence-electron chi connectivity index (χ0n) is 13.1. The van der Waals surface area contributed by atoms with E-state index in [2.05, 4.69) is 16.3 Å². The first-order valence-electron chi connectivity index (χ1n) is 8.05. The maximum Gasteiger partial charge on any atom is 0.169 e. The SMILES string of the molecule is COc1ccccc1CN(CC1CCCO1)C(=S)NC1CC1. The number of nitrogens with one attached hydrogen (secondary N) is 1. The number of para-hydroxylation sites is 1. The molecule has 1 heterocycles. The van der Waals surface area contributed by atoms with Gasteiger partial charge in [0, 0.05) is 31.3 Å². The van der Waals surface area contributed by atoms with Crippen LogP contribution in [-0.2, 0) is 11.3 Å². The van der Waals surface area contributed by atoms with Crippen molar-refractivity contribution < 1.29 is 9.47 Å². The molecule has 2 aliphatic rings. The molecule has 1 aromatic rings. The maximum atomic E-state index is 5.79. The number of benzene rings is 1. The number of hydrogen-bond acceptors (Lipinski definition) is 3. The van der Waals surface area contributed by atoms with E-state index in [0.717, 1.165) is 49.0 Å². The number of thiocarbonyl (C=S) groups is 1. The molecule has 1 aliphatic carbocycles. The minimum Gasteiger partial charge on any atom is -0.496 e. The molecule has 1 aliphatic heterocycles. The van der Waals surface area contributed by atoms with Crippen LogP contribution in [0.4, 0.5) is 0 Å². The molecule has 0 aromatic heterocycles. The summed E-state index contributed by atoms with van der Waals surface area (Å²) in [7, 11) is 1.71. The first kappa shape index (κ1) is 15.6. The molecule has 1 atom stereocenters. The highest BCUT2D eigenvalue weighted by atomic mass is 32.1. The van der Waals surface area contributed by atoms with Crippen molar-refractivity contribution in [3.63, 3.8) is 0 Å². The molecule has 2 fully saturated rings. The highest BCUT2D eigenvalue weighted by Crippen LogP contribution is 2.23. The van der Waals surface area contributed by atoms with Crippen molar-refractivity contribution in [3.05, 3.63) is 29.8 Å². The lowest BCUT2D eigenvalue weighted by atomic mass is 10.1. The highest BCUT2D eigenvalue weighted by molar-refractivity contribution is 7.80. The van der Waals surface area contributed by atoms with Gasteiger partial charge in [-0.3, -0.25) is 0 Å². The monoisotopic (exact) mass is 320 g/mol. The lowest BCUT2D eigenvalue weighted by Gasteiger charge is -2.29. The smallest absolute Gasteiger partial charge is 0.169 e. The third kappa shape index (κ3) is 4.11. The van der Waals surface area contributed by atoms with E-state index < -0.39 is 0 Å². The Labute approximate surface area is 137 Å². The first-order valence-corrected chi connectivity index (χ1v) is 8.46. The van der Waals surface area contributed by atoms with Gasteiger partial charge in [0.1, 0.15) is 5.75 Å². The molecular formula is C17H24N2O2S. The molecule has 22 heavy (non-hydrogen) atoms. The molecule has 1 N–H and O–H groups in total. The Hall–Kier alpha value is -1.33. The third-order valence-corrected chi connectivity index (χ3v) is 4.57. The maximum absolute atomic E-state index is 5.79. The Morgan fingerprint density at radius 2 is 2.18 bits per heavy atom. The van der Waals surface area contributed by atoms with E-state index in [0.29, 0.717) is 6.04 Å². The summed E-state index contributed by atoms with van der Waals surface area (Å²) in [5, 5.41) is 4.28. The summed E-state index contributed by atoms with van der Waals surface area (Å²) in [6.07, 6.45) is 5.00. The van der Waals surface area contributed by atoms with E-state index >= 15 is 0 Å². The molecule has 1 aromatic carbocycles. The molecule has 3 rings (SSSR count). The van der Waals surface area contributed by atoms with Crippen LogP contribution >= 0.6 is 12.2 Å². The molecule has 0 spiro atoms. The quantitative estimate of drug-likeness (QED) is 0.815. The van der Waals surface area contributed by atoms with Crippen molar-refractivity contribution in [2.45, 2.75) is 44.4 Å². The summed E-state index contributed by atoms with van der Waals surface area (Å²) in [5.41, 5.74) is 1.16. The number of nitrogens with zero attached hydrogens (tertiary/aromatic N) is 1. The average Bonchev–Trinajstić information content (AvgIpc) is 3.20. The second kappa shape index (κ2) is 7.29. The zero-order chi connectivity index (χ0) is 15.4. The minimum atomic E-state index is 0.286. The zero-order valence-corrected chi connectivity index (χ0v) is 13.9. The predicted molar refractivity (Wildman–Crippen MR) is 91.1 cm³/mol. The van der Waals surface area contributed by atoms with E-state index in [-0.39, 0.29) is 6.10 Å². The minimum absolute atomic E-state index is 0.286. The summed E-state index contributed by atoms with van der Waals surface area (Å²) in [6, 6.07) is 8.70. The second-order valence-corrected chi connectivity index (χ2v) is 6.44. The van der Waals surface area contributed by atoms with Crippen molar-refractivity contribution in [2.75, 3.05) is 20.3 Å². The molecule has 1 saturated carbocycles. The molecule has 120 valence electrons. The first-order chi connectivity index (χ1) is 10.8. The largest absolute Gasteiger partial charge is 0.496 e. The van der Waals surface area contributed by atoms with Gasteiger partial charge in [-0.1, -0.05) is 18.2 Å². The van der Waals surface area contributed by atoms with Gasteiger partial charge in [-0.2, -0.15) is 0 Å². The lowest BCUT2D eigenvalue weighted by molar-refractivity contribution is 0.0895. The van der Waals surface area contributed by atoms with Crippen molar-refractivity contribution in [3.8, 4) is 5.75 Å². The van der Waals surface area contributed by atoms with E-state index in [1.54, 1.807) is 7.11 Å². The van der Waals surface area contributed by atoms with Crippen LogP contribution in [0.15, 0.2) is 24.3 Å². The molecule has 4 nitrogen and oxygen atoms in total. The van der Waals surface area contributed by atoms with Gasteiger partial charge >= 0.3 is 0 Å². The van der Waals surface area contributed by atoms with E-state index in [1.807, 2.05) is 18.2 Å². The summed E-state index contributed by atoms with van der Waals surface area (Å²) in [5.74, 6) is 0.911. The van der Waals surface area contributed by atoms with Crippen LogP contribution in [0.5, 0.6) is 5.75 Å². The van der Waals surface area contributed by atoms with Crippen molar-refractivity contribution in [2.24, 2.45) is 0 Å². The van der Waals surface area contributed by atoms with Crippen LogP contribution in [0, 0.1) is 0 Å². The lowest BCUT2D eigenvalue weighted by Crippen LogP contribution is -2.43. The van der Waals surface area contributed by atoms with Crippen LogP contribution in [0.1, 0.15) is 31.2 Å². The molecule has 1 unspecified atom stereocenters. The van der Waals surface area contributed by atoms with E-state index in [1.165, 1.54) is 12.8 Å². The number of methoxy groups -OCH3 is 1. The van der Waals surface area contributed by atoms with Gasteiger partial charge in [0.2, 0.25) is 0 Å². The Morgan fingerprint density at radius 1 is 1.36 bits per heavy atom. The Balaban J connectivity index is 1.69. The fourth-order valence-corrected chi connectivity index (χ4v) is 3.09. The Bertz CT molecular complexity index is 513. The third-order valence-electron chi connectivity index (χ3n) is 4.19. The summed E-state index contributed by atoms with van der Waals surface area (Å²) < 4.78 is 11.3. The number of hydrogen-bond donors (Lipinski definition) is 1. The fraction of sp³-hybridized carbons (Fsp3) is 0.588. The predicted octanol–water partition coefficient (Wildman–Crippen LogP) is 2.71. The van der Waals surface area contributed by atoms with Crippen molar-refractivity contribution in [1.29, 1.82) is 0 Å². The average molecular weight is 320 g/mol. The van der Waals surface area contributed by atoms with Gasteiger partial charge < -0.3 is 19.7 Å². The Morgan fingerprint density at radius 3 is 2.86 bits per heavy atom. The van der Waals surface area contributed by atoms with E-state index in [9.17, 15) is 0 Å². The van der Waals surface area contributed by atoms with Gasteiger partial charge in [0.15, 0.2) is 5.11 Å². The molecule has 1 saturated heterocycles. The molecule has 5 heteroatoms.